The van der Waals surface area contributed by atoms with Crippen LogP contribution in [0.5, 0.6) is 0 Å². The minimum absolute atomic E-state index is 0.0157. The summed E-state index contributed by atoms with van der Waals surface area (Å²) in [7, 11) is 3.91. The van der Waals surface area contributed by atoms with Gasteiger partial charge in [0.15, 0.2) is 0 Å². The highest BCUT2D eigenvalue weighted by Gasteiger charge is 2.25. The van der Waals surface area contributed by atoms with Gasteiger partial charge in [-0.05, 0) is 20.0 Å². The molecule has 4 heteroatoms. The van der Waals surface area contributed by atoms with Crippen LogP contribution in [0, 0.1) is 11.8 Å². The molecule has 0 bridgehead atoms. The van der Waals surface area contributed by atoms with Crippen LogP contribution in [-0.2, 0) is 4.79 Å². The Morgan fingerprint density at radius 2 is 2.07 bits per heavy atom. The van der Waals surface area contributed by atoms with E-state index in [1.165, 1.54) is 0 Å². The third-order valence-electron chi connectivity index (χ3n) is 2.89. The topological polar surface area (TPSA) is 44.4 Å². The van der Waals surface area contributed by atoms with E-state index in [1.54, 1.807) is 0 Å². The number of rotatable bonds is 5. The first kappa shape index (κ1) is 12.5. The molecule has 0 saturated carbocycles. The fourth-order valence-electron chi connectivity index (χ4n) is 1.98. The molecule has 1 amide bonds. The Morgan fingerprint density at radius 3 is 2.40 bits per heavy atom. The number of carbonyl (C=O) groups excluding carboxylic acids is 1. The van der Waals surface area contributed by atoms with Crippen LogP contribution in [0.15, 0.2) is 0 Å². The molecule has 15 heavy (non-hydrogen) atoms. The van der Waals surface area contributed by atoms with Gasteiger partial charge in [0, 0.05) is 25.6 Å². The van der Waals surface area contributed by atoms with E-state index in [0.717, 1.165) is 19.6 Å². The molecule has 1 fully saturated rings. The Labute approximate surface area is 92.4 Å². The predicted octanol–water partition coefficient (Wildman–Crippen LogP) is -0.0918. The lowest BCUT2D eigenvalue weighted by atomic mass is 10.0. The highest BCUT2D eigenvalue weighted by atomic mass is 16.2. The van der Waals surface area contributed by atoms with E-state index in [4.69, 9.17) is 0 Å². The normalized spacial score (nSPS) is 19.1. The first-order valence-corrected chi connectivity index (χ1v) is 5.67. The molecule has 1 atom stereocenters. The van der Waals surface area contributed by atoms with Crippen molar-refractivity contribution in [3.05, 3.63) is 0 Å². The zero-order valence-corrected chi connectivity index (χ0v) is 10.2. The number of likely N-dealkylation sites (N-methyl/N-ethyl adjacent to an activating group) is 1. The predicted molar refractivity (Wildman–Crippen MR) is 61.7 cm³/mol. The first-order valence-electron chi connectivity index (χ1n) is 5.67. The molecular weight excluding hydrogens is 190 g/mol. The van der Waals surface area contributed by atoms with Gasteiger partial charge >= 0.3 is 0 Å². The van der Waals surface area contributed by atoms with Gasteiger partial charge in [0.1, 0.15) is 0 Å². The van der Waals surface area contributed by atoms with Crippen molar-refractivity contribution < 1.29 is 4.79 Å². The maximum absolute atomic E-state index is 11.9. The van der Waals surface area contributed by atoms with Gasteiger partial charge in [0.2, 0.25) is 5.91 Å². The molecule has 1 aliphatic heterocycles. The summed E-state index contributed by atoms with van der Waals surface area (Å²) < 4.78 is 0. The monoisotopic (exact) mass is 213 g/mol. The third-order valence-corrected chi connectivity index (χ3v) is 2.89. The lowest BCUT2D eigenvalue weighted by molar-refractivity contribution is -0.127. The average Bonchev–Trinajstić information content (AvgIpc) is 1.99. The quantitative estimate of drug-likeness (QED) is 0.671. The first-order chi connectivity index (χ1) is 7.02. The van der Waals surface area contributed by atoms with Crippen LogP contribution in [0.25, 0.3) is 0 Å². The molecule has 0 aromatic rings. The van der Waals surface area contributed by atoms with E-state index >= 15 is 0 Å². The molecule has 4 nitrogen and oxygen atoms in total. The second-order valence-electron chi connectivity index (χ2n) is 4.92. The fraction of sp³-hybridized carbons (Fsp3) is 0.909. The second kappa shape index (κ2) is 5.47. The zero-order chi connectivity index (χ0) is 11.4. The molecule has 88 valence electrons. The standard InChI is InChI=1S/C11H23N3O/c1-8(2)10(14(3)4)11(15)13-7-9-5-12-6-9/h8-10,12H,5-7H2,1-4H3,(H,13,15)/t10-/m0/s1. The van der Waals surface area contributed by atoms with Crippen molar-refractivity contribution in [3.63, 3.8) is 0 Å². The van der Waals surface area contributed by atoms with Gasteiger partial charge in [0.05, 0.1) is 6.04 Å². The lowest BCUT2D eigenvalue weighted by Gasteiger charge is -2.30. The summed E-state index contributed by atoms with van der Waals surface area (Å²) in [6.45, 7) is 7.04. The van der Waals surface area contributed by atoms with Crippen molar-refractivity contribution in [1.29, 1.82) is 0 Å². The maximum atomic E-state index is 11.9. The average molecular weight is 213 g/mol. The minimum atomic E-state index is -0.0157. The molecule has 1 aliphatic rings. The molecule has 2 N–H and O–H groups in total. The van der Waals surface area contributed by atoms with Crippen LogP contribution < -0.4 is 10.6 Å². The molecule has 0 aromatic heterocycles. The number of hydrogen-bond acceptors (Lipinski definition) is 3. The summed E-state index contributed by atoms with van der Waals surface area (Å²) in [5.41, 5.74) is 0. The fourth-order valence-corrected chi connectivity index (χ4v) is 1.98. The Morgan fingerprint density at radius 1 is 1.47 bits per heavy atom. The minimum Gasteiger partial charge on any atom is -0.354 e. The van der Waals surface area contributed by atoms with Gasteiger partial charge in [-0.15, -0.1) is 0 Å². The third kappa shape index (κ3) is 3.47. The van der Waals surface area contributed by atoms with Crippen molar-refractivity contribution in [1.82, 2.24) is 15.5 Å². The summed E-state index contributed by atoms with van der Waals surface area (Å²) in [5, 5.41) is 6.22. The molecule has 0 aliphatic carbocycles. The Kier molecular flexibility index (Phi) is 4.54. The number of hydrogen-bond donors (Lipinski definition) is 2. The van der Waals surface area contributed by atoms with Gasteiger partial charge in [-0.2, -0.15) is 0 Å². The van der Waals surface area contributed by atoms with Crippen molar-refractivity contribution in [3.8, 4) is 0 Å². The van der Waals surface area contributed by atoms with E-state index in [9.17, 15) is 4.79 Å². The van der Waals surface area contributed by atoms with E-state index in [0.29, 0.717) is 11.8 Å². The highest BCUT2D eigenvalue weighted by molar-refractivity contribution is 5.81. The van der Waals surface area contributed by atoms with Gasteiger partial charge in [0.25, 0.3) is 0 Å². The number of amides is 1. The van der Waals surface area contributed by atoms with E-state index in [-0.39, 0.29) is 11.9 Å². The molecule has 0 radical (unpaired) electrons. The van der Waals surface area contributed by atoms with Gasteiger partial charge in [-0.3, -0.25) is 9.69 Å². The van der Waals surface area contributed by atoms with Crippen LogP contribution in [0.3, 0.4) is 0 Å². The molecular formula is C11H23N3O. The number of nitrogens with zero attached hydrogens (tertiary/aromatic N) is 1. The SMILES string of the molecule is CC(C)[C@@H](C(=O)NCC1CNC1)N(C)C. The molecule has 1 rings (SSSR count). The zero-order valence-electron chi connectivity index (χ0n) is 10.2. The van der Waals surface area contributed by atoms with E-state index in [2.05, 4.69) is 24.5 Å². The van der Waals surface area contributed by atoms with Crippen LogP contribution in [0.1, 0.15) is 13.8 Å². The van der Waals surface area contributed by atoms with Crippen LogP contribution >= 0.6 is 0 Å². The summed E-state index contributed by atoms with van der Waals surface area (Å²) >= 11 is 0. The lowest BCUT2D eigenvalue weighted by Crippen LogP contribution is -2.52. The second-order valence-corrected chi connectivity index (χ2v) is 4.92. The number of nitrogens with one attached hydrogen (secondary N) is 2. The van der Waals surface area contributed by atoms with Crippen molar-refractivity contribution in [2.75, 3.05) is 33.7 Å². The van der Waals surface area contributed by atoms with Crippen molar-refractivity contribution in [2.45, 2.75) is 19.9 Å². The summed E-state index contributed by atoms with van der Waals surface area (Å²) in [6, 6.07) is -0.0157. The Bertz CT molecular complexity index is 204. The van der Waals surface area contributed by atoms with Crippen LogP contribution in [0.4, 0.5) is 0 Å². The van der Waals surface area contributed by atoms with Gasteiger partial charge in [-0.25, -0.2) is 0 Å². The smallest absolute Gasteiger partial charge is 0.237 e. The molecule has 0 spiro atoms. The summed E-state index contributed by atoms with van der Waals surface area (Å²) in [4.78, 5) is 13.9. The number of carbonyl (C=O) groups is 1. The summed E-state index contributed by atoms with van der Waals surface area (Å²) in [5.74, 6) is 1.13. The van der Waals surface area contributed by atoms with E-state index < -0.39 is 0 Å². The Balaban J connectivity index is 2.34. The summed E-state index contributed by atoms with van der Waals surface area (Å²) in [6.07, 6.45) is 0. The molecule has 0 unspecified atom stereocenters. The van der Waals surface area contributed by atoms with Crippen molar-refractivity contribution >= 4 is 5.91 Å². The largest absolute Gasteiger partial charge is 0.354 e. The maximum Gasteiger partial charge on any atom is 0.237 e. The molecule has 0 aromatic carbocycles. The molecule has 1 heterocycles. The van der Waals surface area contributed by atoms with Crippen LogP contribution in [0.2, 0.25) is 0 Å². The van der Waals surface area contributed by atoms with Gasteiger partial charge < -0.3 is 10.6 Å². The van der Waals surface area contributed by atoms with Crippen LogP contribution in [-0.4, -0.2) is 50.6 Å². The van der Waals surface area contributed by atoms with Crippen molar-refractivity contribution in [2.24, 2.45) is 11.8 Å². The molecule has 1 saturated heterocycles. The highest BCUT2D eigenvalue weighted by Crippen LogP contribution is 2.08. The van der Waals surface area contributed by atoms with Gasteiger partial charge in [-0.1, -0.05) is 13.8 Å². The van der Waals surface area contributed by atoms with E-state index in [1.807, 2.05) is 19.0 Å². The Hall–Kier alpha value is -0.610.